The Morgan fingerprint density at radius 1 is 1.35 bits per heavy atom. The molecule has 2 aromatic rings. The van der Waals surface area contributed by atoms with Crippen LogP contribution in [-0.4, -0.2) is 51.8 Å². The summed E-state index contributed by atoms with van der Waals surface area (Å²) in [6, 6.07) is 1.92. The molecule has 0 bridgehead atoms. The van der Waals surface area contributed by atoms with Crippen molar-refractivity contribution in [1.29, 1.82) is 0 Å². The van der Waals surface area contributed by atoms with Crippen molar-refractivity contribution < 1.29 is 8.42 Å². The Labute approximate surface area is 136 Å². The van der Waals surface area contributed by atoms with E-state index in [1.807, 2.05) is 17.7 Å². The van der Waals surface area contributed by atoms with Crippen molar-refractivity contribution in [3.63, 3.8) is 0 Å². The van der Waals surface area contributed by atoms with Gasteiger partial charge in [0.15, 0.2) is 0 Å². The smallest absolute Gasteiger partial charge is 0.211 e. The lowest BCUT2D eigenvalue weighted by Gasteiger charge is -2.30. The molecule has 0 radical (unpaired) electrons. The van der Waals surface area contributed by atoms with Gasteiger partial charge in [0, 0.05) is 37.9 Å². The zero-order valence-electron chi connectivity index (χ0n) is 13.4. The van der Waals surface area contributed by atoms with Crippen molar-refractivity contribution in [1.82, 2.24) is 24.1 Å². The molecule has 0 aliphatic carbocycles. The topological polar surface area (TPSA) is 81.0 Å². The fourth-order valence-corrected chi connectivity index (χ4v) is 3.90. The maximum absolute atomic E-state index is 11.8. The third-order valence-corrected chi connectivity index (χ3v) is 5.47. The zero-order chi connectivity index (χ0) is 16.4. The van der Waals surface area contributed by atoms with Gasteiger partial charge in [-0.15, -0.1) is 0 Å². The SMILES string of the molecule is CCn1nccc1-c1cncc(C2CCCN(S(C)(=O)=O)C2)n1. The fraction of sp³-hybridized carbons (Fsp3) is 0.533. The molecule has 2 aromatic heterocycles. The van der Waals surface area contributed by atoms with Crippen LogP contribution in [0.2, 0.25) is 0 Å². The van der Waals surface area contributed by atoms with E-state index in [0.29, 0.717) is 13.1 Å². The Bertz CT molecular complexity index is 787. The molecule has 1 aliphatic heterocycles. The van der Waals surface area contributed by atoms with Gasteiger partial charge in [0.1, 0.15) is 5.69 Å². The molecule has 23 heavy (non-hydrogen) atoms. The monoisotopic (exact) mass is 335 g/mol. The van der Waals surface area contributed by atoms with Crippen molar-refractivity contribution in [2.24, 2.45) is 0 Å². The lowest BCUT2D eigenvalue weighted by molar-refractivity contribution is 0.314. The summed E-state index contributed by atoms with van der Waals surface area (Å²) < 4.78 is 27.0. The summed E-state index contributed by atoms with van der Waals surface area (Å²) in [4.78, 5) is 9.03. The van der Waals surface area contributed by atoms with Crippen molar-refractivity contribution >= 4 is 10.0 Å². The van der Waals surface area contributed by atoms with Gasteiger partial charge < -0.3 is 0 Å². The number of hydrogen-bond acceptors (Lipinski definition) is 5. The molecule has 1 unspecified atom stereocenters. The molecule has 1 fully saturated rings. The fourth-order valence-electron chi connectivity index (χ4n) is 2.99. The van der Waals surface area contributed by atoms with Crippen LogP contribution in [-0.2, 0) is 16.6 Å². The second-order valence-electron chi connectivity index (χ2n) is 5.82. The van der Waals surface area contributed by atoms with Crippen LogP contribution < -0.4 is 0 Å². The van der Waals surface area contributed by atoms with Gasteiger partial charge in [0.25, 0.3) is 0 Å². The van der Waals surface area contributed by atoms with Gasteiger partial charge in [-0.25, -0.2) is 17.7 Å². The van der Waals surface area contributed by atoms with Gasteiger partial charge in [0.2, 0.25) is 10.0 Å². The molecule has 1 aliphatic rings. The van der Waals surface area contributed by atoms with Crippen molar-refractivity contribution in [3.8, 4) is 11.4 Å². The van der Waals surface area contributed by atoms with Crippen LogP contribution in [0.4, 0.5) is 0 Å². The maximum Gasteiger partial charge on any atom is 0.211 e. The van der Waals surface area contributed by atoms with Crippen LogP contribution in [0, 0.1) is 0 Å². The van der Waals surface area contributed by atoms with Crippen LogP contribution in [0.25, 0.3) is 11.4 Å². The first-order valence-electron chi connectivity index (χ1n) is 7.78. The maximum atomic E-state index is 11.8. The van der Waals surface area contributed by atoms with E-state index in [2.05, 4.69) is 10.1 Å². The van der Waals surface area contributed by atoms with Gasteiger partial charge in [-0.05, 0) is 25.8 Å². The normalized spacial score (nSPS) is 19.8. The highest BCUT2D eigenvalue weighted by atomic mass is 32.2. The molecule has 7 nitrogen and oxygen atoms in total. The van der Waals surface area contributed by atoms with Crippen molar-refractivity contribution in [2.75, 3.05) is 19.3 Å². The average Bonchev–Trinajstić information content (AvgIpc) is 3.03. The third kappa shape index (κ3) is 3.42. The first-order valence-corrected chi connectivity index (χ1v) is 9.63. The Morgan fingerprint density at radius 3 is 2.91 bits per heavy atom. The summed E-state index contributed by atoms with van der Waals surface area (Å²) in [5, 5.41) is 4.26. The molecular formula is C15H21N5O2S. The van der Waals surface area contributed by atoms with Crippen molar-refractivity contribution in [2.45, 2.75) is 32.2 Å². The van der Waals surface area contributed by atoms with E-state index >= 15 is 0 Å². The Morgan fingerprint density at radius 2 is 2.17 bits per heavy atom. The number of sulfonamides is 1. The summed E-state index contributed by atoms with van der Waals surface area (Å²) in [6.45, 7) is 3.85. The third-order valence-electron chi connectivity index (χ3n) is 4.20. The lowest BCUT2D eigenvalue weighted by atomic mass is 9.96. The zero-order valence-corrected chi connectivity index (χ0v) is 14.2. The van der Waals surface area contributed by atoms with E-state index in [9.17, 15) is 8.42 Å². The van der Waals surface area contributed by atoms with Crippen LogP contribution in [0.3, 0.4) is 0 Å². The number of rotatable bonds is 4. The van der Waals surface area contributed by atoms with Gasteiger partial charge >= 0.3 is 0 Å². The van der Waals surface area contributed by atoms with Crippen LogP contribution in [0.5, 0.6) is 0 Å². The number of piperidine rings is 1. The Balaban J connectivity index is 1.88. The van der Waals surface area contributed by atoms with Crippen LogP contribution in [0.1, 0.15) is 31.4 Å². The number of aryl methyl sites for hydroxylation is 1. The second-order valence-corrected chi connectivity index (χ2v) is 7.80. The summed E-state index contributed by atoms with van der Waals surface area (Å²) in [6.07, 6.45) is 8.25. The minimum absolute atomic E-state index is 0.0870. The predicted molar refractivity (Wildman–Crippen MR) is 87.3 cm³/mol. The van der Waals surface area contributed by atoms with Gasteiger partial charge in [-0.1, -0.05) is 0 Å². The molecule has 0 spiro atoms. The average molecular weight is 335 g/mol. The summed E-state index contributed by atoms with van der Waals surface area (Å²) >= 11 is 0. The molecule has 1 saturated heterocycles. The molecule has 3 heterocycles. The van der Waals surface area contributed by atoms with E-state index in [4.69, 9.17) is 4.98 Å². The highest BCUT2D eigenvalue weighted by Gasteiger charge is 2.28. The van der Waals surface area contributed by atoms with E-state index < -0.39 is 10.0 Å². The number of nitrogens with zero attached hydrogens (tertiary/aromatic N) is 5. The predicted octanol–water partition coefficient (Wildman–Crippen LogP) is 1.50. The molecule has 124 valence electrons. The highest BCUT2D eigenvalue weighted by Crippen LogP contribution is 2.28. The van der Waals surface area contributed by atoms with Crippen LogP contribution in [0.15, 0.2) is 24.7 Å². The van der Waals surface area contributed by atoms with Crippen molar-refractivity contribution in [3.05, 3.63) is 30.4 Å². The van der Waals surface area contributed by atoms with Gasteiger partial charge in [0.05, 0.1) is 23.8 Å². The molecule has 0 aromatic carbocycles. The molecule has 0 saturated carbocycles. The van der Waals surface area contributed by atoms with Gasteiger partial charge in [-0.2, -0.15) is 5.10 Å². The highest BCUT2D eigenvalue weighted by molar-refractivity contribution is 7.88. The Kier molecular flexibility index (Phi) is 4.45. The Hall–Kier alpha value is -1.80. The molecule has 0 amide bonds. The van der Waals surface area contributed by atoms with E-state index in [1.165, 1.54) is 10.6 Å². The quantitative estimate of drug-likeness (QED) is 0.846. The largest absolute Gasteiger partial charge is 0.264 e. The molecule has 0 N–H and O–H groups in total. The molecular weight excluding hydrogens is 314 g/mol. The molecule has 8 heteroatoms. The summed E-state index contributed by atoms with van der Waals surface area (Å²) in [5.74, 6) is 0.0870. The summed E-state index contributed by atoms with van der Waals surface area (Å²) in [7, 11) is -3.16. The second kappa shape index (κ2) is 6.37. The van der Waals surface area contributed by atoms with Gasteiger partial charge in [-0.3, -0.25) is 9.67 Å². The standard InChI is InChI=1S/C15H21N5O2S/c1-3-20-15(6-7-17-20)14-10-16-9-13(18-14)12-5-4-8-19(11-12)23(2,21)22/h6-7,9-10,12H,3-5,8,11H2,1-2H3. The first kappa shape index (κ1) is 16.1. The van der Waals surface area contributed by atoms with E-state index in [1.54, 1.807) is 18.6 Å². The van der Waals surface area contributed by atoms with E-state index in [-0.39, 0.29) is 5.92 Å². The number of aromatic nitrogens is 4. The minimum atomic E-state index is -3.16. The summed E-state index contributed by atoms with van der Waals surface area (Å²) in [5.41, 5.74) is 2.55. The minimum Gasteiger partial charge on any atom is -0.264 e. The first-order chi connectivity index (χ1) is 11.0. The number of hydrogen-bond donors (Lipinski definition) is 0. The van der Waals surface area contributed by atoms with E-state index in [0.717, 1.165) is 36.5 Å². The molecule has 3 rings (SSSR count). The molecule has 1 atom stereocenters. The van der Waals surface area contributed by atoms with Crippen LogP contribution >= 0.6 is 0 Å². The lowest BCUT2D eigenvalue weighted by Crippen LogP contribution is -2.38.